The summed E-state index contributed by atoms with van der Waals surface area (Å²) >= 11 is 1.61. The topological polar surface area (TPSA) is 72.5 Å². The summed E-state index contributed by atoms with van der Waals surface area (Å²) in [6.45, 7) is 1.58. The average molecular weight is 392 g/mol. The Morgan fingerprint density at radius 3 is 2.30 bits per heavy atom. The molecule has 1 amide bonds. The number of amides is 1. The van der Waals surface area contributed by atoms with Crippen molar-refractivity contribution in [3.05, 3.63) is 29.8 Å². The van der Waals surface area contributed by atoms with Crippen molar-refractivity contribution in [1.29, 1.82) is 0 Å². The first-order chi connectivity index (χ1) is 13.0. The zero-order chi connectivity index (χ0) is 19.6. The molecule has 0 heterocycles. The van der Waals surface area contributed by atoms with Crippen LogP contribution in [0.5, 0.6) is 0 Å². The molecule has 1 aliphatic rings. The second-order valence-electron chi connectivity index (χ2n) is 6.98. The Hall–Kier alpha value is -1.82. The van der Waals surface area contributed by atoms with Gasteiger partial charge in [-0.3, -0.25) is 14.4 Å². The lowest BCUT2D eigenvalue weighted by atomic mass is 10.1. The number of carbonyl (C=O) groups excluding carboxylic acids is 3. The van der Waals surface area contributed by atoms with Gasteiger partial charge in [0.05, 0.1) is 6.42 Å². The molecule has 2 rings (SSSR count). The van der Waals surface area contributed by atoms with Gasteiger partial charge in [-0.2, -0.15) is 0 Å². The van der Waals surface area contributed by atoms with Crippen LogP contribution in [0.25, 0.3) is 0 Å². The second kappa shape index (κ2) is 11.1. The molecular weight excluding hydrogens is 362 g/mol. The van der Waals surface area contributed by atoms with Crippen molar-refractivity contribution in [3.8, 4) is 0 Å². The predicted octanol–water partition coefficient (Wildman–Crippen LogP) is 4.14. The van der Waals surface area contributed by atoms with E-state index < -0.39 is 12.1 Å². The van der Waals surface area contributed by atoms with Gasteiger partial charge in [-0.15, -0.1) is 11.8 Å². The molecule has 0 aliphatic heterocycles. The number of nitrogens with one attached hydrogen (secondary N) is 1. The van der Waals surface area contributed by atoms with Crippen molar-refractivity contribution in [2.45, 2.75) is 75.3 Å². The van der Waals surface area contributed by atoms with Gasteiger partial charge in [0.1, 0.15) is 0 Å². The quantitative estimate of drug-likeness (QED) is 0.312. The van der Waals surface area contributed by atoms with E-state index in [4.69, 9.17) is 4.74 Å². The van der Waals surface area contributed by atoms with E-state index in [-0.39, 0.29) is 30.6 Å². The molecule has 0 aromatic heterocycles. The molecule has 1 aromatic carbocycles. The van der Waals surface area contributed by atoms with Gasteiger partial charge < -0.3 is 10.1 Å². The molecule has 6 heteroatoms. The first-order valence-electron chi connectivity index (χ1n) is 9.66. The number of hydrogen-bond donors (Lipinski definition) is 1. The molecule has 1 fully saturated rings. The van der Waals surface area contributed by atoms with Gasteiger partial charge in [0.2, 0.25) is 0 Å². The lowest BCUT2D eigenvalue weighted by Gasteiger charge is -2.19. The van der Waals surface area contributed by atoms with Gasteiger partial charge >= 0.3 is 5.97 Å². The lowest BCUT2D eigenvalue weighted by Crippen LogP contribution is -2.41. The molecule has 0 unspecified atom stereocenters. The van der Waals surface area contributed by atoms with E-state index in [1.54, 1.807) is 30.8 Å². The molecule has 0 bridgehead atoms. The summed E-state index contributed by atoms with van der Waals surface area (Å²) in [6.07, 6.45) is 7.83. The number of carbonyl (C=O) groups is 3. The fraction of sp³-hybridized carbons (Fsp3) is 0.571. The van der Waals surface area contributed by atoms with Crippen LogP contribution in [-0.2, 0) is 14.3 Å². The minimum Gasteiger partial charge on any atom is -0.453 e. The zero-order valence-electron chi connectivity index (χ0n) is 16.2. The number of ketones is 1. The minimum atomic E-state index is -0.836. The number of benzene rings is 1. The summed E-state index contributed by atoms with van der Waals surface area (Å²) in [7, 11) is 0. The smallest absolute Gasteiger partial charge is 0.307 e. The molecule has 1 N–H and O–H groups in total. The molecule has 27 heavy (non-hydrogen) atoms. The number of Topliss-reactive ketones (excluding diaryl/α,β-unsaturated/α-hetero) is 1. The van der Waals surface area contributed by atoms with Crippen LogP contribution < -0.4 is 5.32 Å². The van der Waals surface area contributed by atoms with E-state index in [1.807, 2.05) is 18.4 Å². The summed E-state index contributed by atoms with van der Waals surface area (Å²) in [5.74, 6) is -0.878. The van der Waals surface area contributed by atoms with Crippen LogP contribution in [0.2, 0.25) is 0 Å². The Bertz CT molecular complexity index is 636. The van der Waals surface area contributed by atoms with E-state index in [2.05, 4.69) is 5.32 Å². The summed E-state index contributed by atoms with van der Waals surface area (Å²) in [6, 6.07) is 7.48. The van der Waals surface area contributed by atoms with Crippen LogP contribution in [0.15, 0.2) is 29.2 Å². The van der Waals surface area contributed by atoms with E-state index in [0.29, 0.717) is 5.56 Å². The van der Waals surface area contributed by atoms with Gasteiger partial charge in [-0.1, -0.05) is 37.8 Å². The highest BCUT2D eigenvalue weighted by atomic mass is 32.2. The Labute approximate surface area is 165 Å². The van der Waals surface area contributed by atoms with Crippen LogP contribution in [0.1, 0.15) is 68.6 Å². The molecule has 148 valence electrons. The van der Waals surface area contributed by atoms with Crippen molar-refractivity contribution in [2.75, 3.05) is 6.26 Å². The molecule has 5 nitrogen and oxygen atoms in total. The third-order valence-corrected chi connectivity index (χ3v) is 5.59. The molecule has 1 aliphatic carbocycles. The van der Waals surface area contributed by atoms with E-state index in [0.717, 1.165) is 30.6 Å². The minimum absolute atomic E-state index is 0.0236. The Balaban J connectivity index is 1.73. The lowest BCUT2D eigenvalue weighted by molar-refractivity contribution is -0.155. The van der Waals surface area contributed by atoms with Gasteiger partial charge in [0.15, 0.2) is 11.9 Å². The molecule has 0 radical (unpaired) electrons. The Morgan fingerprint density at radius 2 is 1.70 bits per heavy atom. The Kier molecular flexibility index (Phi) is 8.85. The molecule has 1 atom stereocenters. The van der Waals surface area contributed by atoms with E-state index in [1.165, 1.54) is 12.8 Å². The van der Waals surface area contributed by atoms with Gasteiger partial charge in [0, 0.05) is 22.9 Å². The molecule has 0 spiro atoms. The molecule has 1 aromatic rings. The highest BCUT2D eigenvalue weighted by Crippen LogP contribution is 2.18. The first-order valence-corrected chi connectivity index (χ1v) is 10.9. The Morgan fingerprint density at radius 1 is 1.07 bits per heavy atom. The van der Waals surface area contributed by atoms with Gasteiger partial charge in [-0.25, -0.2) is 0 Å². The third-order valence-electron chi connectivity index (χ3n) is 4.85. The second-order valence-corrected chi connectivity index (χ2v) is 7.86. The molecule has 0 saturated heterocycles. The van der Waals surface area contributed by atoms with E-state index >= 15 is 0 Å². The zero-order valence-corrected chi connectivity index (χ0v) is 17.0. The number of rotatable bonds is 8. The molecular formula is C21H29NO4S. The normalized spacial score (nSPS) is 16.2. The first kappa shape index (κ1) is 21.5. The molecule has 1 saturated carbocycles. The fourth-order valence-electron chi connectivity index (χ4n) is 3.19. The van der Waals surface area contributed by atoms with Crippen molar-refractivity contribution < 1.29 is 19.1 Å². The fourth-order valence-corrected chi connectivity index (χ4v) is 3.60. The van der Waals surface area contributed by atoms with Crippen LogP contribution in [0.3, 0.4) is 0 Å². The van der Waals surface area contributed by atoms with Crippen molar-refractivity contribution in [1.82, 2.24) is 5.32 Å². The number of thioether (sulfide) groups is 1. The van der Waals surface area contributed by atoms with Crippen molar-refractivity contribution >= 4 is 29.4 Å². The highest BCUT2D eigenvalue weighted by molar-refractivity contribution is 7.98. The van der Waals surface area contributed by atoms with Crippen LogP contribution in [0, 0.1) is 0 Å². The summed E-state index contributed by atoms with van der Waals surface area (Å²) in [5, 5.41) is 2.98. The standard InChI is InChI=1S/C21H29NO4S/c1-15(21(25)22-17-7-5-3-4-6-8-17)26-20(24)14-13-19(23)16-9-11-18(27-2)12-10-16/h9-12,15,17H,3-8,13-14H2,1-2H3,(H,22,25)/t15-/m0/s1. The maximum Gasteiger partial charge on any atom is 0.307 e. The third kappa shape index (κ3) is 7.37. The average Bonchev–Trinajstić information content (AvgIpc) is 2.94. The summed E-state index contributed by atoms with van der Waals surface area (Å²) < 4.78 is 5.20. The largest absolute Gasteiger partial charge is 0.453 e. The maximum atomic E-state index is 12.2. The predicted molar refractivity (Wildman–Crippen MR) is 107 cm³/mol. The summed E-state index contributed by atoms with van der Waals surface area (Å²) in [5.41, 5.74) is 0.583. The van der Waals surface area contributed by atoms with Crippen LogP contribution in [0.4, 0.5) is 0 Å². The van der Waals surface area contributed by atoms with E-state index in [9.17, 15) is 14.4 Å². The van der Waals surface area contributed by atoms with Gasteiger partial charge in [-0.05, 0) is 38.2 Å². The van der Waals surface area contributed by atoms with Gasteiger partial charge in [0.25, 0.3) is 5.91 Å². The highest BCUT2D eigenvalue weighted by Gasteiger charge is 2.22. The van der Waals surface area contributed by atoms with Crippen LogP contribution >= 0.6 is 11.8 Å². The SMILES string of the molecule is CSc1ccc(C(=O)CCC(=O)O[C@@H](C)C(=O)NC2CCCCCC2)cc1. The number of hydrogen-bond acceptors (Lipinski definition) is 5. The van der Waals surface area contributed by atoms with Crippen molar-refractivity contribution in [3.63, 3.8) is 0 Å². The number of esters is 1. The number of ether oxygens (including phenoxy) is 1. The van der Waals surface area contributed by atoms with Crippen LogP contribution in [-0.4, -0.2) is 36.1 Å². The monoisotopic (exact) mass is 391 g/mol. The maximum absolute atomic E-state index is 12.2. The summed E-state index contributed by atoms with van der Waals surface area (Å²) in [4.78, 5) is 37.5. The van der Waals surface area contributed by atoms with Crippen molar-refractivity contribution in [2.24, 2.45) is 0 Å².